The van der Waals surface area contributed by atoms with Crippen LogP contribution < -0.4 is 5.32 Å². The minimum Gasteiger partial charge on any atom is -0.455 e. The van der Waals surface area contributed by atoms with Crippen molar-refractivity contribution < 1.29 is 14.3 Å². The molecule has 0 unspecified atom stereocenters. The van der Waals surface area contributed by atoms with Crippen LogP contribution in [0.2, 0.25) is 0 Å². The lowest BCUT2D eigenvalue weighted by molar-refractivity contribution is -0.152. The van der Waals surface area contributed by atoms with Crippen molar-refractivity contribution in [2.75, 3.05) is 11.9 Å². The van der Waals surface area contributed by atoms with E-state index in [2.05, 4.69) is 15.4 Å². The van der Waals surface area contributed by atoms with E-state index in [0.29, 0.717) is 11.4 Å². The highest BCUT2D eigenvalue weighted by Gasteiger charge is 2.36. The topological polar surface area (TPSA) is 89.0 Å². The van der Waals surface area contributed by atoms with Gasteiger partial charge in [0.05, 0.1) is 28.2 Å². The number of nitrogens with one attached hydrogen (secondary N) is 2. The van der Waals surface area contributed by atoms with Gasteiger partial charge >= 0.3 is 5.97 Å². The molecule has 2 aromatic heterocycles. The van der Waals surface area contributed by atoms with Crippen LogP contribution in [-0.2, 0) is 19.7 Å². The van der Waals surface area contributed by atoms with E-state index in [1.807, 2.05) is 89.2 Å². The van der Waals surface area contributed by atoms with Crippen LogP contribution >= 0.6 is 0 Å². The Morgan fingerprint density at radius 3 is 2.42 bits per heavy atom. The molecule has 2 N–H and O–H groups in total. The van der Waals surface area contributed by atoms with Crippen LogP contribution in [0.3, 0.4) is 0 Å². The summed E-state index contributed by atoms with van der Waals surface area (Å²) in [6.45, 7) is 8.91. The summed E-state index contributed by atoms with van der Waals surface area (Å²) in [6, 6.07) is 17.5. The van der Waals surface area contributed by atoms with Crippen LogP contribution in [0.15, 0.2) is 54.6 Å². The highest BCUT2D eigenvalue weighted by atomic mass is 16.5. The lowest BCUT2D eigenvalue weighted by Crippen LogP contribution is -2.34. The maximum Gasteiger partial charge on any atom is 0.316 e. The first-order valence-electron chi connectivity index (χ1n) is 10.9. The molecule has 0 atom stereocenters. The lowest BCUT2D eigenvalue weighted by atomic mass is 9.83. The molecule has 4 rings (SSSR count). The van der Waals surface area contributed by atoms with Crippen LogP contribution in [0.5, 0.6) is 0 Å². The number of hydrogen-bond acceptors (Lipinski definition) is 4. The largest absolute Gasteiger partial charge is 0.455 e. The smallest absolute Gasteiger partial charge is 0.316 e. The van der Waals surface area contributed by atoms with Gasteiger partial charge in [-0.2, -0.15) is 5.10 Å². The average Bonchev–Trinajstić information content (AvgIpc) is 3.28. The SMILES string of the molecule is Cc1nn(-c2ccccc2)c(C)c1NC(=O)COC(=O)C(C)(C)c1c(C)[nH]c2ccccc12. The number of nitrogens with zero attached hydrogens (tertiary/aromatic N) is 2. The Morgan fingerprint density at radius 1 is 1.03 bits per heavy atom. The van der Waals surface area contributed by atoms with E-state index < -0.39 is 17.3 Å². The predicted molar refractivity (Wildman–Crippen MR) is 129 cm³/mol. The number of aromatic amines is 1. The predicted octanol–water partition coefficient (Wildman–Crippen LogP) is 4.74. The number of hydrogen-bond donors (Lipinski definition) is 2. The van der Waals surface area contributed by atoms with Gasteiger partial charge in [0.2, 0.25) is 0 Å². The molecule has 33 heavy (non-hydrogen) atoms. The molecular formula is C26H28N4O3. The summed E-state index contributed by atoms with van der Waals surface area (Å²) in [4.78, 5) is 29.0. The lowest BCUT2D eigenvalue weighted by Gasteiger charge is -2.23. The van der Waals surface area contributed by atoms with Crippen LogP contribution in [0.4, 0.5) is 5.69 Å². The summed E-state index contributed by atoms with van der Waals surface area (Å²) in [5, 5.41) is 8.35. The Bertz CT molecular complexity index is 1330. The van der Waals surface area contributed by atoms with Crippen LogP contribution in [-0.4, -0.2) is 33.2 Å². The monoisotopic (exact) mass is 444 g/mol. The summed E-state index contributed by atoms with van der Waals surface area (Å²) < 4.78 is 7.23. The Kier molecular flexibility index (Phi) is 5.80. The Balaban J connectivity index is 1.47. The summed E-state index contributed by atoms with van der Waals surface area (Å²) in [7, 11) is 0. The molecule has 2 aromatic carbocycles. The fraction of sp³-hybridized carbons (Fsp3) is 0.269. The van der Waals surface area contributed by atoms with Crippen molar-refractivity contribution in [3.63, 3.8) is 0 Å². The van der Waals surface area contributed by atoms with Crippen molar-refractivity contribution in [1.29, 1.82) is 0 Å². The number of esters is 1. The Morgan fingerprint density at radius 2 is 1.70 bits per heavy atom. The van der Waals surface area contributed by atoms with Crippen LogP contribution in [0, 0.1) is 20.8 Å². The molecule has 0 aliphatic heterocycles. The number of H-pyrrole nitrogens is 1. The molecule has 1 amide bonds. The van der Waals surface area contributed by atoms with Crippen molar-refractivity contribution >= 4 is 28.5 Å². The number of fused-ring (bicyclic) bond motifs is 1. The Hall–Kier alpha value is -3.87. The molecule has 0 saturated heterocycles. The van der Waals surface area contributed by atoms with Crippen molar-refractivity contribution in [1.82, 2.24) is 14.8 Å². The van der Waals surface area contributed by atoms with Gasteiger partial charge in [0.15, 0.2) is 6.61 Å². The van der Waals surface area contributed by atoms with Crippen LogP contribution in [0.25, 0.3) is 16.6 Å². The quantitative estimate of drug-likeness (QED) is 0.421. The first-order chi connectivity index (χ1) is 15.7. The molecule has 0 aliphatic rings. The second-order valence-electron chi connectivity index (χ2n) is 8.71. The highest BCUT2D eigenvalue weighted by molar-refractivity contribution is 5.96. The van der Waals surface area contributed by atoms with Crippen LogP contribution in [0.1, 0.15) is 36.5 Å². The number of benzene rings is 2. The molecule has 0 aliphatic carbocycles. The molecule has 7 nitrogen and oxygen atoms in total. The van der Waals surface area contributed by atoms with E-state index in [9.17, 15) is 9.59 Å². The minimum absolute atomic E-state index is 0.376. The molecular weight excluding hydrogens is 416 g/mol. The molecule has 0 saturated carbocycles. The summed E-state index contributed by atoms with van der Waals surface area (Å²) >= 11 is 0. The fourth-order valence-corrected chi connectivity index (χ4v) is 4.32. The molecule has 2 heterocycles. The van der Waals surface area contributed by atoms with Crippen molar-refractivity contribution in [3.8, 4) is 5.69 Å². The number of rotatable bonds is 6. The third kappa shape index (κ3) is 4.14. The third-order valence-corrected chi connectivity index (χ3v) is 5.92. The summed E-state index contributed by atoms with van der Waals surface area (Å²) in [6.07, 6.45) is 0. The highest BCUT2D eigenvalue weighted by Crippen LogP contribution is 2.34. The molecule has 0 bridgehead atoms. The maximum absolute atomic E-state index is 13.0. The summed E-state index contributed by atoms with van der Waals surface area (Å²) in [5.74, 6) is -0.868. The van der Waals surface area contributed by atoms with E-state index in [-0.39, 0.29) is 6.61 Å². The van der Waals surface area contributed by atoms with E-state index in [4.69, 9.17) is 4.74 Å². The molecule has 170 valence electrons. The number of para-hydroxylation sites is 2. The molecule has 0 spiro atoms. The first kappa shape index (κ1) is 22.3. The standard InChI is InChI=1S/C26H28N4O3/c1-16-23(20-13-9-10-14-21(20)27-16)26(4,5)25(32)33-15-22(31)28-24-17(2)29-30(18(24)3)19-11-7-6-8-12-19/h6-14,27H,15H2,1-5H3,(H,28,31). The van der Waals surface area contributed by atoms with Gasteiger partial charge in [-0.25, -0.2) is 4.68 Å². The second kappa shape index (κ2) is 8.58. The van der Waals surface area contributed by atoms with Crippen molar-refractivity contribution in [2.45, 2.75) is 40.0 Å². The van der Waals surface area contributed by atoms with Gasteiger partial charge < -0.3 is 15.0 Å². The molecule has 0 radical (unpaired) electrons. The number of carbonyl (C=O) groups excluding carboxylic acids is 2. The van der Waals surface area contributed by atoms with E-state index in [1.54, 1.807) is 4.68 Å². The fourth-order valence-electron chi connectivity index (χ4n) is 4.32. The third-order valence-electron chi connectivity index (χ3n) is 5.92. The van der Waals surface area contributed by atoms with Gasteiger partial charge in [0, 0.05) is 16.6 Å². The number of amides is 1. The van der Waals surface area contributed by atoms with E-state index in [1.165, 1.54) is 0 Å². The van der Waals surface area contributed by atoms with Gasteiger partial charge in [-0.15, -0.1) is 0 Å². The second-order valence-corrected chi connectivity index (χ2v) is 8.71. The minimum atomic E-state index is -0.923. The number of aryl methyl sites for hydroxylation is 2. The van der Waals surface area contributed by atoms with Gasteiger partial charge in [-0.3, -0.25) is 9.59 Å². The summed E-state index contributed by atoms with van der Waals surface area (Å²) in [5.41, 5.74) is 4.83. The number of aromatic nitrogens is 3. The number of ether oxygens (including phenoxy) is 1. The van der Waals surface area contributed by atoms with E-state index >= 15 is 0 Å². The zero-order chi connectivity index (χ0) is 23.8. The Labute approximate surface area is 192 Å². The van der Waals surface area contributed by atoms with Crippen molar-refractivity contribution in [2.24, 2.45) is 0 Å². The zero-order valence-electron chi connectivity index (χ0n) is 19.5. The van der Waals surface area contributed by atoms with Gasteiger partial charge in [-0.1, -0.05) is 36.4 Å². The normalized spacial score (nSPS) is 11.5. The van der Waals surface area contributed by atoms with Gasteiger partial charge in [0.25, 0.3) is 5.91 Å². The van der Waals surface area contributed by atoms with E-state index in [0.717, 1.165) is 33.5 Å². The zero-order valence-corrected chi connectivity index (χ0v) is 19.5. The number of carbonyl (C=O) groups is 2. The van der Waals surface area contributed by atoms with Gasteiger partial charge in [0.1, 0.15) is 0 Å². The maximum atomic E-state index is 13.0. The number of anilines is 1. The van der Waals surface area contributed by atoms with Gasteiger partial charge in [-0.05, 0) is 58.4 Å². The first-order valence-corrected chi connectivity index (χ1v) is 10.9. The average molecular weight is 445 g/mol. The molecule has 4 aromatic rings. The van der Waals surface area contributed by atoms with Crippen molar-refractivity contribution in [3.05, 3.63) is 77.2 Å². The molecule has 7 heteroatoms. The molecule has 0 fully saturated rings.